The standard InChI is InChI=1S/C33H32N8O5/c1-20(22-12-7-4-8-13-22)34-31(43)27-18-25(46-2)19-28(36-27)32(44)37-26(16-21-10-5-3-6-11-21)29(42)33(45)35-24-15-9-14-23(17-24)30-38-40-41-39-30/h3-15,17-20,26,29,42H,16H2,1-2H3,(H,34,43)(H,35,45)(H,37,44)(H,38,39,40,41)/t20-,26+,29+/m1/s1. The smallest absolute Gasteiger partial charge is 0.270 e. The van der Waals surface area contributed by atoms with Crippen LogP contribution in [0.4, 0.5) is 5.69 Å². The Kier molecular flexibility index (Phi) is 10.0. The highest BCUT2D eigenvalue weighted by Crippen LogP contribution is 2.20. The fourth-order valence-corrected chi connectivity index (χ4v) is 4.72. The fourth-order valence-electron chi connectivity index (χ4n) is 4.72. The highest BCUT2D eigenvalue weighted by Gasteiger charge is 2.29. The zero-order valence-corrected chi connectivity index (χ0v) is 25.0. The van der Waals surface area contributed by atoms with Crippen LogP contribution in [0.15, 0.2) is 97.1 Å². The van der Waals surface area contributed by atoms with Crippen molar-refractivity contribution in [3.05, 3.63) is 120 Å². The van der Waals surface area contributed by atoms with Gasteiger partial charge in [0.25, 0.3) is 17.7 Å². The summed E-state index contributed by atoms with van der Waals surface area (Å²) in [6.45, 7) is 1.84. The normalized spacial score (nSPS) is 12.8. The van der Waals surface area contributed by atoms with Gasteiger partial charge in [-0.1, -0.05) is 72.8 Å². The molecule has 0 unspecified atom stereocenters. The molecule has 3 atom stereocenters. The summed E-state index contributed by atoms with van der Waals surface area (Å²) >= 11 is 0. The zero-order valence-electron chi connectivity index (χ0n) is 25.0. The number of aliphatic hydroxyl groups is 1. The van der Waals surface area contributed by atoms with Crippen LogP contribution in [0.5, 0.6) is 5.75 Å². The van der Waals surface area contributed by atoms with Gasteiger partial charge in [-0.2, -0.15) is 5.21 Å². The zero-order chi connectivity index (χ0) is 32.5. The van der Waals surface area contributed by atoms with Crippen LogP contribution in [0, 0.1) is 0 Å². The van der Waals surface area contributed by atoms with Crippen molar-refractivity contribution in [1.29, 1.82) is 0 Å². The fraction of sp³-hybridized carbons (Fsp3) is 0.182. The van der Waals surface area contributed by atoms with E-state index in [-0.39, 0.29) is 29.6 Å². The van der Waals surface area contributed by atoms with E-state index in [0.29, 0.717) is 17.1 Å². The van der Waals surface area contributed by atoms with E-state index in [9.17, 15) is 19.5 Å². The number of nitrogens with one attached hydrogen (secondary N) is 4. The molecule has 0 saturated heterocycles. The second-order valence-corrected chi connectivity index (χ2v) is 10.4. The Bertz CT molecular complexity index is 1780. The number of H-pyrrole nitrogens is 1. The molecule has 2 aromatic heterocycles. The van der Waals surface area contributed by atoms with Gasteiger partial charge in [0.2, 0.25) is 5.82 Å². The van der Waals surface area contributed by atoms with Crippen LogP contribution in [0.3, 0.4) is 0 Å². The lowest BCUT2D eigenvalue weighted by molar-refractivity contribution is -0.125. The van der Waals surface area contributed by atoms with Crippen LogP contribution < -0.4 is 20.7 Å². The molecule has 0 fully saturated rings. The predicted molar refractivity (Wildman–Crippen MR) is 169 cm³/mol. The summed E-state index contributed by atoms with van der Waals surface area (Å²) in [6, 6.07) is 26.6. The quantitative estimate of drug-likeness (QED) is 0.140. The minimum absolute atomic E-state index is 0.0355. The van der Waals surface area contributed by atoms with Crippen molar-refractivity contribution in [2.24, 2.45) is 0 Å². The number of amides is 3. The van der Waals surface area contributed by atoms with Crippen LogP contribution in [0.2, 0.25) is 0 Å². The molecule has 46 heavy (non-hydrogen) atoms. The number of nitrogens with zero attached hydrogens (tertiary/aromatic N) is 4. The number of aromatic nitrogens is 5. The molecule has 13 nitrogen and oxygen atoms in total. The maximum absolute atomic E-state index is 13.6. The minimum atomic E-state index is -1.67. The average Bonchev–Trinajstić information content (AvgIpc) is 3.64. The van der Waals surface area contributed by atoms with Crippen LogP contribution in [-0.4, -0.2) is 67.7 Å². The van der Waals surface area contributed by atoms with Crippen LogP contribution in [0.1, 0.15) is 45.1 Å². The molecule has 5 aromatic rings. The Hall–Kier alpha value is -5.95. The molecular weight excluding hydrogens is 588 g/mol. The third-order valence-corrected chi connectivity index (χ3v) is 7.15. The molecule has 3 amide bonds. The van der Waals surface area contributed by atoms with Gasteiger partial charge < -0.3 is 25.8 Å². The number of carbonyl (C=O) groups is 3. The van der Waals surface area contributed by atoms with Crippen molar-refractivity contribution in [2.45, 2.75) is 31.5 Å². The van der Waals surface area contributed by atoms with Crippen LogP contribution in [-0.2, 0) is 11.2 Å². The summed E-state index contributed by atoms with van der Waals surface area (Å²) in [5.41, 5.74) is 2.48. The number of aliphatic hydroxyl groups excluding tert-OH is 1. The maximum Gasteiger partial charge on any atom is 0.270 e. The molecule has 0 spiro atoms. The number of hydrogen-bond acceptors (Lipinski definition) is 9. The molecule has 0 aliphatic heterocycles. The highest BCUT2D eigenvalue weighted by atomic mass is 16.5. The van der Waals surface area contributed by atoms with Crippen LogP contribution in [0.25, 0.3) is 11.4 Å². The molecule has 234 valence electrons. The Labute approximate surface area is 264 Å². The number of anilines is 1. The molecule has 5 N–H and O–H groups in total. The van der Waals surface area contributed by atoms with Crippen LogP contribution >= 0.6 is 0 Å². The molecule has 0 bridgehead atoms. The Morgan fingerprint density at radius 2 is 1.54 bits per heavy atom. The molecule has 2 heterocycles. The van der Waals surface area contributed by atoms with Gasteiger partial charge in [0.05, 0.1) is 19.2 Å². The molecule has 0 radical (unpaired) electrons. The lowest BCUT2D eigenvalue weighted by Gasteiger charge is -2.24. The van der Waals surface area contributed by atoms with Crippen molar-refractivity contribution in [1.82, 2.24) is 36.2 Å². The van der Waals surface area contributed by atoms with Gasteiger partial charge in [-0.3, -0.25) is 14.4 Å². The lowest BCUT2D eigenvalue weighted by Crippen LogP contribution is -2.50. The second kappa shape index (κ2) is 14.7. The summed E-state index contributed by atoms with van der Waals surface area (Å²) in [5.74, 6) is -1.40. The Morgan fingerprint density at radius 1 is 0.870 bits per heavy atom. The van der Waals surface area contributed by atoms with Gasteiger partial charge in [0, 0.05) is 23.4 Å². The van der Waals surface area contributed by atoms with Gasteiger partial charge >= 0.3 is 0 Å². The maximum atomic E-state index is 13.6. The monoisotopic (exact) mass is 620 g/mol. The Morgan fingerprint density at radius 3 is 2.20 bits per heavy atom. The first-order valence-electron chi connectivity index (χ1n) is 14.4. The number of ether oxygens (including phenoxy) is 1. The summed E-state index contributed by atoms with van der Waals surface area (Å²) in [5, 5.41) is 33.3. The first-order valence-corrected chi connectivity index (χ1v) is 14.4. The second-order valence-electron chi connectivity index (χ2n) is 10.4. The summed E-state index contributed by atoms with van der Waals surface area (Å²) in [6.07, 6.45) is -1.55. The van der Waals surface area contributed by atoms with Crippen molar-refractivity contribution in [2.75, 3.05) is 12.4 Å². The minimum Gasteiger partial charge on any atom is -0.497 e. The third kappa shape index (κ3) is 7.95. The number of pyridine rings is 1. The van der Waals surface area contributed by atoms with E-state index in [0.717, 1.165) is 11.1 Å². The number of tetrazole rings is 1. The number of carbonyl (C=O) groups excluding carboxylic acids is 3. The molecule has 3 aromatic carbocycles. The SMILES string of the molecule is COc1cc(C(=O)N[C@@H](Cc2ccccc2)[C@H](O)C(=O)Nc2cccc(-c3nn[nH]n3)c2)nc(C(=O)N[C@H](C)c2ccccc2)c1. The summed E-state index contributed by atoms with van der Waals surface area (Å²) in [4.78, 5) is 44.3. The van der Waals surface area contributed by atoms with E-state index < -0.39 is 29.9 Å². The van der Waals surface area contributed by atoms with E-state index >= 15 is 0 Å². The molecule has 13 heteroatoms. The summed E-state index contributed by atoms with van der Waals surface area (Å²) < 4.78 is 5.35. The van der Waals surface area contributed by atoms with Gasteiger partial charge in [0.1, 0.15) is 17.1 Å². The van der Waals surface area contributed by atoms with E-state index in [4.69, 9.17) is 4.74 Å². The first kappa shape index (κ1) is 31.5. The number of aromatic amines is 1. The first-order chi connectivity index (χ1) is 22.3. The van der Waals surface area contributed by atoms with E-state index in [2.05, 4.69) is 41.6 Å². The van der Waals surface area contributed by atoms with Gasteiger partial charge in [-0.05, 0) is 41.8 Å². The van der Waals surface area contributed by atoms with Gasteiger partial charge in [0.15, 0.2) is 6.10 Å². The van der Waals surface area contributed by atoms with Crippen molar-refractivity contribution in [3.63, 3.8) is 0 Å². The molecule has 5 rings (SSSR count). The number of hydrogen-bond donors (Lipinski definition) is 5. The van der Waals surface area contributed by atoms with Crippen molar-refractivity contribution >= 4 is 23.4 Å². The molecule has 0 aliphatic carbocycles. The molecule has 0 saturated carbocycles. The van der Waals surface area contributed by atoms with Gasteiger partial charge in [-0.15, -0.1) is 10.2 Å². The lowest BCUT2D eigenvalue weighted by atomic mass is 10.00. The third-order valence-electron chi connectivity index (χ3n) is 7.15. The highest BCUT2D eigenvalue weighted by molar-refractivity contribution is 5.98. The summed E-state index contributed by atoms with van der Waals surface area (Å²) in [7, 11) is 1.41. The largest absolute Gasteiger partial charge is 0.497 e. The topological polar surface area (TPSA) is 184 Å². The number of methoxy groups -OCH3 is 1. The van der Waals surface area contributed by atoms with E-state index in [1.807, 2.05) is 67.6 Å². The van der Waals surface area contributed by atoms with Gasteiger partial charge in [-0.25, -0.2) is 4.98 Å². The van der Waals surface area contributed by atoms with E-state index in [1.165, 1.54) is 19.2 Å². The van der Waals surface area contributed by atoms with Crippen molar-refractivity contribution < 1.29 is 24.2 Å². The number of rotatable bonds is 12. The molecule has 0 aliphatic rings. The van der Waals surface area contributed by atoms with Crippen molar-refractivity contribution in [3.8, 4) is 17.1 Å². The molecular formula is C33H32N8O5. The van der Waals surface area contributed by atoms with E-state index in [1.54, 1.807) is 24.3 Å². The average molecular weight is 621 g/mol. The number of benzene rings is 3. The Balaban J connectivity index is 1.35. The predicted octanol–water partition coefficient (Wildman–Crippen LogP) is 3.10.